The van der Waals surface area contributed by atoms with Crippen LogP contribution in [-0.4, -0.2) is 62.1 Å². The Balaban J connectivity index is 1.26. The summed E-state index contributed by atoms with van der Waals surface area (Å²) in [6.07, 6.45) is 6.47. The van der Waals surface area contributed by atoms with Gasteiger partial charge in [0.05, 0.1) is 36.2 Å². The smallest absolute Gasteiger partial charge is 0.387 e. The number of hydrogen-bond acceptors (Lipinski definition) is 10. The van der Waals surface area contributed by atoms with Crippen LogP contribution >= 0.6 is 23.2 Å². The number of ether oxygens (including phenoxy) is 3. The van der Waals surface area contributed by atoms with E-state index in [0.717, 1.165) is 35.8 Å². The number of benzene rings is 2. The van der Waals surface area contributed by atoms with Gasteiger partial charge in [-0.2, -0.15) is 13.5 Å². The van der Waals surface area contributed by atoms with Gasteiger partial charge in [0.25, 0.3) is 11.8 Å². The molecule has 1 saturated carbocycles. The summed E-state index contributed by atoms with van der Waals surface area (Å²) in [7, 11) is -3.86. The molecule has 1 aliphatic carbocycles. The zero-order valence-corrected chi connectivity index (χ0v) is 30.1. The van der Waals surface area contributed by atoms with E-state index in [1.54, 1.807) is 12.1 Å². The van der Waals surface area contributed by atoms with Crippen molar-refractivity contribution in [3.63, 3.8) is 0 Å². The van der Waals surface area contributed by atoms with Gasteiger partial charge in [-0.1, -0.05) is 35.3 Å². The Labute approximate surface area is 312 Å². The Bertz CT molecular complexity index is 2150. The molecule has 1 atom stereocenters. The molecule has 2 aromatic carbocycles. The molecule has 2 amide bonds. The molecule has 2 aliphatic rings. The fourth-order valence-corrected chi connectivity index (χ4v) is 7.10. The summed E-state index contributed by atoms with van der Waals surface area (Å²) in [5.41, 5.74) is 0.940. The molecule has 2 aromatic heterocycles. The van der Waals surface area contributed by atoms with Crippen molar-refractivity contribution in [2.75, 3.05) is 23.7 Å². The molecule has 0 N–H and O–H groups in total. The van der Waals surface area contributed by atoms with Gasteiger partial charge in [0.15, 0.2) is 23.9 Å². The van der Waals surface area contributed by atoms with Crippen LogP contribution in [0.5, 0.6) is 11.5 Å². The van der Waals surface area contributed by atoms with Gasteiger partial charge < -0.3 is 19.4 Å². The van der Waals surface area contributed by atoms with Crippen molar-refractivity contribution in [3.8, 4) is 11.5 Å². The van der Waals surface area contributed by atoms with Crippen molar-refractivity contribution in [1.82, 2.24) is 9.88 Å². The summed E-state index contributed by atoms with van der Waals surface area (Å²) in [5, 5.41) is 11.8. The molecule has 4 aromatic rings. The number of pyridine rings is 2. The van der Waals surface area contributed by atoms with E-state index >= 15 is 0 Å². The lowest BCUT2D eigenvalue weighted by molar-refractivity contribution is -0.605. The molecule has 18 heteroatoms. The number of amides is 2. The average molecular weight is 792 g/mol. The number of alkyl halides is 2. The first kappa shape index (κ1) is 37.7. The maximum Gasteiger partial charge on any atom is 0.387 e. The third kappa shape index (κ3) is 8.95. The Morgan fingerprint density at radius 3 is 2.42 bits per heavy atom. The summed E-state index contributed by atoms with van der Waals surface area (Å²) in [5.74, 6) is -2.78. The molecule has 278 valence electrons. The van der Waals surface area contributed by atoms with E-state index in [-0.39, 0.29) is 75.0 Å². The van der Waals surface area contributed by atoms with Crippen molar-refractivity contribution < 1.29 is 50.5 Å². The molecule has 13 nitrogen and oxygen atoms in total. The number of hydrogen-bond donors (Lipinski definition) is 0. The summed E-state index contributed by atoms with van der Waals surface area (Å²) in [6, 6.07) is 11.2. The minimum Gasteiger partial charge on any atom is -0.619 e. The first-order valence-corrected chi connectivity index (χ1v) is 18.6. The van der Waals surface area contributed by atoms with Crippen molar-refractivity contribution in [2.45, 2.75) is 38.5 Å². The molecule has 0 bridgehead atoms. The van der Waals surface area contributed by atoms with E-state index in [9.17, 15) is 36.8 Å². The number of fused-ring (bicyclic) bond motifs is 1. The molecule has 3 heterocycles. The van der Waals surface area contributed by atoms with Crippen molar-refractivity contribution in [3.05, 3.63) is 116 Å². The van der Waals surface area contributed by atoms with Gasteiger partial charge in [0, 0.05) is 24.4 Å². The summed E-state index contributed by atoms with van der Waals surface area (Å²) >= 11 is 12.7. The predicted octanol–water partition coefficient (Wildman–Crippen LogP) is 5.50. The molecule has 0 spiro atoms. The first-order chi connectivity index (χ1) is 25.2. The molecule has 1 fully saturated rings. The summed E-state index contributed by atoms with van der Waals surface area (Å²) in [4.78, 5) is 45.1. The second kappa shape index (κ2) is 15.5. The van der Waals surface area contributed by atoms with Gasteiger partial charge in [0.2, 0.25) is 10.0 Å². The topological polar surface area (TPSA) is 159 Å². The van der Waals surface area contributed by atoms with Crippen LogP contribution in [-0.2, 0) is 32.5 Å². The monoisotopic (exact) mass is 790 g/mol. The molecular weight excluding hydrogens is 761 g/mol. The lowest BCUT2D eigenvalue weighted by Crippen LogP contribution is -2.36. The second-order valence-electron chi connectivity index (χ2n) is 12.4. The quantitative estimate of drug-likeness (QED) is 0.0652. The number of halogens is 4. The molecule has 53 heavy (non-hydrogen) atoms. The van der Waals surface area contributed by atoms with Gasteiger partial charge in [0.1, 0.15) is 22.7 Å². The SMILES string of the molecule is CS(=O)(=O)N(Cc1cccnc1)c1ccc2c(c1)C(=O)N(CC(=O)O[C@@H](Cc1c(Cl)c[n+]([O-])cc1Cl)c1ccc(OC(F)F)c(OCC3CC3)c1)C2=O. The third-order valence-corrected chi connectivity index (χ3v) is 10.2. The van der Waals surface area contributed by atoms with Gasteiger partial charge in [-0.15, -0.1) is 0 Å². The lowest BCUT2D eigenvalue weighted by atomic mass is 10.0. The Kier molecular flexibility index (Phi) is 11.0. The van der Waals surface area contributed by atoms with E-state index < -0.39 is 47.1 Å². The fraction of sp³-hybridized carbons (Fsp3) is 0.286. The first-order valence-electron chi connectivity index (χ1n) is 16.0. The van der Waals surface area contributed by atoms with Crippen LogP contribution in [0.15, 0.2) is 73.3 Å². The minimum atomic E-state index is -3.86. The Morgan fingerprint density at radius 2 is 1.77 bits per heavy atom. The second-order valence-corrected chi connectivity index (χ2v) is 15.1. The fourth-order valence-electron chi connectivity index (χ4n) is 5.62. The van der Waals surface area contributed by atoms with Crippen LogP contribution in [0, 0.1) is 11.1 Å². The normalized spacial score (nSPS) is 14.6. The highest BCUT2D eigenvalue weighted by atomic mass is 35.5. The van der Waals surface area contributed by atoms with E-state index in [0.29, 0.717) is 15.2 Å². The average Bonchev–Trinajstić information content (AvgIpc) is 3.90. The molecular formula is C35H30Cl2F2N4O9S. The largest absolute Gasteiger partial charge is 0.619 e. The summed E-state index contributed by atoms with van der Waals surface area (Å²) < 4.78 is 69.6. The highest BCUT2D eigenvalue weighted by molar-refractivity contribution is 7.92. The van der Waals surface area contributed by atoms with Crippen LogP contribution in [0.25, 0.3) is 0 Å². The van der Waals surface area contributed by atoms with E-state index in [2.05, 4.69) is 9.72 Å². The standard InChI is InChI=1S/C35H30Cl2F2N4O9S/c1-53(48,49)43(15-21-3-2-10-40-14-21)23-7-8-24-25(12-23)34(46)42(33(24)45)18-32(44)51-30(13-26-27(36)16-41(47)17-28(26)37)22-6-9-29(52-35(38)39)31(11-22)50-19-20-4-5-20/h2-3,6-12,14,16-17,20,30,35H,4-5,13,15,18-19H2,1H3/t30-/m0/s1. The van der Waals surface area contributed by atoms with Gasteiger partial charge in [-0.25, -0.2) is 8.42 Å². The summed E-state index contributed by atoms with van der Waals surface area (Å²) in [6.45, 7) is -3.86. The van der Waals surface area contributed by atoms with Crippen molar-refractivity contribution in [2.24, 2.45) is 5.92 Å². The van der Waals surface area contributed by atoms with Gasteiger partial charge >= 0.3 is 12.6 Å². The number of carbonyl (C=O) groups excluding carboxylic acids is 3. The molecule has 6 rings (SSSR count). The molecule has 0 radical (unpaired) electrons. The van der Waals surface area contributed by atoms with E-state index in [4.69, 9.17) is 32.7 Å². The lowest BCUT2D eigenvalue weighted by Gasteiger charge is -2.23. The van der Waals surface area contributed by atoms with Crippen LogP contribution in [0.1, 0.15) is 56.4 Å². The zero-order chi connectivity index (χ0) is 38.0. The molecule has 0 unspecified atom stereocenters. The highest BCUT2D eigenvalue weighted by Crippen LogP contribution is 2.38. The zero-order valence-electron chi connectivity index (χ0n) is 27.8. The number of imide groups is 1. The van der Waals surface area contributed by atoms with Crippen LogP contribution < -0.4 is 18.5 Å². The van der Waals surface area contributed by atoms with Crippen LogP contribution in [0.4, 0.5) is 14.5 Å². The number of esters is 1. The number of rotatable bonds is 15. The minimum absolute atomic E-state index is 0.0405. The number of nitrogens with zero attached hydrogens (tertiary/aromatic N) is 4. The van der Waals surface area contributed by atoms with Crippen molar-refractivity contribution >= 4 is 56.7 Å². The number of sulfonamides is 1. The number of anilines is 1. The predicted molar refractivity (Wildman–Crippen MR) is 186 cm³/mol. The maximum atomic E-state index is 13.6. The van der Waals surface area contributed by atoms with E-state index in [1.807, 2.05) is 0 Å². The molecule has 1 aliphatic heterocycles. The molecule has 0 saturated heterocycles. The third-order valence-electron chi connectivity index (χ3n) is 8.43. The van der Waals surface area contributed by atoms with Gasteiger partial charge in [-0.05, 0) is 66.3 Å². The van der Waals surface area contributed by atoms with Crippen LogP contribution in [0.2, 0.25) is 10.0 Å². The maximum absolute atomic E-state index is 13.6. The number of aromatic nitrogens is 2. The Hall–Kier alpha value is -5.06. The highest BCUT2D eigenvalue weighted by Gasteiger charge is 2.38. The van der Waals surface area contributed by atoms with E-state index in [1.165, 1.54) is 48.8 Å². The Morgan fingerprint density at radius 1 is 1.06 bits per heavy atom. The van der Waals surface area contributed by atoms with Crippen LogP contribution in [0.3, 0.4) is 0 Å². The number of carbonyl (C=O) groups is 3. The van der Waals surface area contributed by atoms with Crippen molar-refractivity contribution in [1.29, 1.82) is 0 Å². The van der Waals surface area contributed by atoms with Gasteiger partial charge in [-0.3, -0.25) is 28.6 Å².